The molecule has 0 aromatic carbocycles. The van der Waals surface area contributed by atoms with Gasteiger partial charge in [-0.1, -0.05) is 0 Å². The molecule has 2 rings (SSSR count). The van der Waals surface area contributed by atoms with Crippen LogP contribution in [-0.2, 0) is 4.79 Å². The average molecular weight is 197 g/mol. The van der Waals surface area contributed by atoms with Crippen LogP contribution in [0.1, 0.15) is 19.8 Å². The molecule has 2 unspecified atom stereocenters. The summed E-state index contributed by atoms with van der Waals surface area (Å²) in [5.41, 5.74) is 0. The zero-order valence-corrected chi connectivity index (χ0v) is 8.75. The standard InChI is InChI=1S/C10H19N3O/c1-8-10(14)13(6-5-12-8)9-3-2-4-11-7-9/h8-9,11-12H,2-7H2,1H3. The first-order chi connectivity index (χ1) is 6.79. The van der Waals surface area contributed by atoms with Crippen LogP contribution in [0.2, 0.25) is 0 Å². The highest BCUT2D eigenvalue weighted by Gasteiger charge is 2.30. The normalized spacial score (nSPS) is 34.6. The van der Waals surface area contributed by atoms with Crippen molar-refractivity contribution in [1.82, 2.24) is 15.5 Å². The molecule has 0 aliphatic carbocycles. The Hall–Kier alpha value is -0.610. The maximum atomic E-state index is 11.9. The molecule has 2 saturated heterocycles. The van der Waals surface area contributed by atoms with Gasteiger partial charge in [0.25, 0.3) is 0 Å². The number of amides is 1. The van der Waals surface area contributed by atoms with Crippen LogP contribution in [0.5, 0.6) is 0 Å². The van der Waals surface area contributed by atoms with E-state index in [-0.39, 0.29) is 11.9 Å². The summed E-state index contributed by atoms with van der Waals surface area (Å²) >= 11 is 0. The summed E-state index contributed by atoms with van der Waals surface area (Å²) in [5.74, 6) is 0.268. The molecule has 80 valence electrons. The highest BCUT2D eigenvalue weighted by Crippen LogP contribution is 2.13. The third-order valence-corrected chi connectivity index (χ3v) is 3.17. The van der Waals surface area contributed by atoms with Gasteiger partial charge in [-0.2, -0.15) is 0 Å². The van der Waals surface area contributed by atoms with Crippen LogP contribution in [0.3, 0.4) is 0 Å². The summed E-state index contributed by atoms with van der Waals surface area (Å²) in [6.45, 7) is 5.83. The van der Waals surface area contributed by atoms with Crippen molar-refractivity contribution in [3.8, 4) is 0 Å². The van der Waals surface area contributed by atoms with E-state index in [2.05, 4.69) is 10.6 Å². The van der Waals surface area contributed by atoms with E-state index in [0.717, 1.165) is 32.6 Å². The number of nitrogens with one attached hydrogen (secondary N) is 2. The summed E-state index contributed by atoms with van der Waals surface area (Å²) in [7, 11) is 0. The number of carbonyl (C=O) groups is 1. The van der Waals surface area contributed by atoms with Gasteiger partial charge in [-0.15, -0.1) is 0 Å². The molecule has 2 heterocycles. The largest absolute Gasteiger partial charge is 0.336 e. The van der Waals surface area contributed by atoms with Crippen LogP contribution in [0.25, 0.3) is 0 Å². The van der Waals surface area contributed by atoms with E-state index in [1.807, 2.05) is 11.8 Å². The Balaban J connectivity index is 1.97. The van der Waals surface area contributed by atoms with Crippen molar-refractivity contribution in [2.75, 3.05) is 26.2 Å². The molecule has 2 N–H and O–H groups in total. The van der Waals surface area contributed by atoms with Crippen molar-refractivity contribution in [2.45, 2.75) is 31.8 Å². The molecule has 2 aliphatic heterocycles. The number of nitrogens with zero attached hydrogens (tertiary/aromatic N) is 1. The summed E-state index contributed by atoms with van der Waals surface area (Å²) in [4.78, 5) is 13.9. The maximum absolute atomic E-state index is 11.9. The van der Waals surface area contributed by atoms with Crippen molar-refractivity contribution < 1.29 is 4.79 Å². The van der Waals surface area contributed by atoms with Crippen molar-refractivity contribution in [1.29, 1.82) is 0 Å². The Labute approximate surface area is 85.0 Å². The Morgan fingerprint density at radius 3 is 3.00 bits per heavy atom. The van der Waals surface area contributed by atoms with Gasteiger partial charge in [0, 0.05) is 25.7 Å². The molecular formula is C10H19N3O. The minimum absolute atomic E-state index is 0.00526. The average Bonchev–Trinajstić information content (AvgIpc) is 2.23. The summed E-state index contributed by atoms with van der Waals surface area (Å²) in [6, 6.07) is 0.437. The van der Waals surface area contributed by atoms with Crippen LogP contribution in [0.4, 0.5) is 0 Å². The first kappa shape index (κ1) is 9.93. The van der Waals surface area contributed by atoms with Crippen LogP contribution >= 0.6 is 0 Å². The predicted molar refractivity (Wildman–Crippen MR) is 55.1 cm³/mol. The van der Waals surface area contributed by atoms with Crippen molar-refractivity contribution in [2.24, 2.45) is 0 Å². The number of hydrogen-bond donors (Lipinski definition) is 2. The van der Waals surface area contributed by atoms with Crippen molar-refractivity contribution in [3.63, 3.8) is 0 Å². The number of piperidine rings is 1. The first-order valence-corrected chi connectivity index (χ1v) is 5.53. The van der Waals surface area contributed by atoms with E-state index in [0.29, 0.717) is 6.04 Å². The number of piperazine rings is 1. The minimum atomic E-state index is 0.00526. The smallest absolute Gasteiger partial charge is 0.239 e. The second-order valence-electron chi connectivity index (χ2n) is 4.21. The fraction of sp³-hybridized carbons (Fsp3) is 0.900. The fourth-order valence-electron chi connectivity index (χ4n) is 2.31. The molecule has 0 saturated carbocycles. The molecule has 0 bridgehead atoms. The molecule has 0 aromatic heterocycles. The first-order valence-electron chi connectivity index (χ1n) is 5.53. The lowest BCUT2D eigenvalue weighted by Gasteiger charge is -2.39. The predicted octanol–water partition coefficient (Wildman–Crippen LogP) is -0.441. The lowest BCUT2D eigenvalue weighted by molar-refractivity contribution is -0.138. The Morgan fingerprint density at radius 1 is 1.43 bits per heavy atom. The molecular weight excluding hydrogens is 178 g/mol. The molecule has 1 amide bonds. The number of carbonyl (C=O) groups excluding carboxylic acids is 1. The highest BCUT2D eigenvalue weighted by atomic mass is 16.2. The molecule has 0 radical (unpaired) electrons. The van der Waals surface area contributed by atoms with Gasteiger partial charge in [0.05, 0.1) is 6.04 Å². The zero-order chi connectivity index (χ0) is 9.97. The van der Waals surface area contributed by atoms with Gasteiger partial charge in [-0.3, -0.25) is 4.79 Å². The zero-order valence-electron chi connectivity index (χ0n) is 8.75. The van der Waals surface area contributed by atoms with E-state index in [4.69, 9.17) is 0 Å². The molecule has 0 aromatic rings. The summed E-state index contributed by atoms with van der Waals surface area (Å²) < 4.78 is 0. The van der Waals surface area contributed by atoms with Crippen molar-refractivity contribution >= 4 is 5.91 Å². The molecule has 2 atom stereocenters. The van der Waals surface area contributed by atoms with Gasteiger partial charge in [-0.25, -0.2) is 0 Å². The quantitative estimate of drug-likeness (QED) is 0.599. The van der Waals surface area contributed by atoms with E-state index < -0.39 is 0 Å². The lowest BCUT2D eigenvalue weighted by Crippen LogP contribution is -2.59. The molecule has 2 fully saturated rings. The van der Waals surface area contributed by atoms with E-state index in [9.17, 15) is 4.79 Å². The molecule has 0 spiro atoms. The number of hydrogen-bond acceptors (Lipinski definition) is 3. The Kier molecular flexibility index (Phi) is 3.03. The lowest BCUT2D eigenvalue weighted by atomic mass is 10.0. The van der Waals surface area contributed by atoms with Gasteiger partial charge in [0.15, 0.2) is 0 Å². The minimum Gasteiger partial charge on any atom is -0.336 e. The fourth-order valence-corrected chi connectivity index (χ4v) is 2.31. The third-order valence-electron chi connectivity index (χ3n) is 3.17. The van der Waals surface area contributed by atoms with Gasteiger partial charge in [0.1, 0.15) is 0 Å². The van der Waals surface area contributed by atoms with Crippen LogP contribution in [0.15, 0.2) is 0 Å². The Bertz CT molecular complexity index is 213. The van der Waals surface area contributed by atoms with Crippen LogP contribution < -0.4 is 10.6 Å². The SMILES string of the molecule is CC1NCCN(C2CCCNC2)C1=O. The van der Waals surface area contributed by atoms with E-state index in [1.54, 1.807) is 0 Å². The van der Waals surface area contributed by atoms with Crippen LogP contribution in [0, 0.1) is 0 Å². The van der Waals surface area contributed by atoms with E-state index >= 15 is 0 Å². The third kappa shape index (κ3) is 1.91. The summed E-state index contributed by atoms with van der Waals surface area (Å²) in [5, 5.41) is 6.54. The number of rotatable bonds is 1. The van der Waals surface area contributed by atoms with Gasteiger partial charge < -0.3 is 15.5 Å². The second-order valence-corrected chi connectivity index (χ2v) is 4.21. The molecule has 4 nitrogen and oxygen atoms in total. The maximum Gasteiger partial charge on any atom is 0.239 e. The van der Waals surface area contributed by atoms with Crippen LogP contribution in [-0.4, -0.2) is 49.1 Å². The highest BCUT2D eigenvalue weighted by molar-refractivity contribution is 5.82. The summed E-state index contributed by atoms with van der Waals surface area (Å²) in [6.07, 6.45) is 2.35. The van der Waals surface area contributed by atoms with Crippen molar-refractivity contribution in [3.05, 3.63) is 0 Å². The molecule has 4 heteroatoms. The van der Waals surface area contributed by atoms with Gasteiger partial charge in [0.2, 0.25) is 5.91 Å². The monoisotopic (exact) mass is 197 g/mol. The topological polar surface area (TPSA) is 44.4 Å². The second kappa shape index (κ2) is 4.28. The van der Waals surface area contributed by atoms with Gasteiger partial charge >= 0.3 is 0 Å². The molecule has 14 heavy (non-hydrogen) atoms. The van der Waals surface area contributed by atoms with Gasteiger partial charge in [-0.05, 0) is 26.3 Å². The Morgan fingerprint density at radius 2 is 2.29 bits per heavy atom. The molecule has 2 aliphatic rings. The van der Waals surface area contributed by atoms with E-state index in [1.165, 1.54) is 6.42 Å².